The number of hydrogen-bond acceptors (Lipinski definition) is 2. The molecule has 0 heterocycles. The zero-order valence-electron chi connectivity index (χ0n) is 12.0. The van der Waals surface area contributed by atoms with Crippen molar-refractivity contribution in [3.05, 3.63) is 69.7 Å². The molecule has 0 saturated heterocycles. The second-order valence-electron chi connectivity index (χ2n) is 4.76. The minimum absolute atomic E-state index is 0.0339. The van der Waals surface area contributed by atoms with E-state index >= 15 is 0 Å². The Morgan fingerprint density at radius 3 is 2.18 bits per heavy atom. The summed E-state index contributed by atoms with van der Waals surface area (Å²) in [6.07, 6.45) is 0.486. The number of benzene rings is 2. The molecule has 0 saturated carbocycles. The van der Waals surface area contributed by atoms with Crippen LogP contribution in [0.15, 0.2) is 48.5 Å². The summed E-state index contributed by atoms with van der Waals surface area (Å²) in [6.45, 7) is 0.466. The van der Waals surface area contributed by atoms with Gasteiger partial charge in [0, 0.05) is 34.5 Å². The highest BCUT2D eigenvalue weighted by Gasteiger charge is 2.04. The Morgan fingerprint density at radius 2 is 1.55 bits per heavy atom. The van der Waals surface area contributed by atoms with E-state index in [4.69, 9.17) is 23.2 Å². The largest absolute Gasteiger partial charge is 0.352 e. The van der Waals surface area contributed by atoms with Crippen LogP contribution in [0.3, 0.4) is 0 Å². The third-order valence-corrected chi connectivity index (χ3v) is 4.87. The molecule has 0 radical (unpaired) electrons. The molecule has 0 spiro atoms. The van der Waals surface area contributed by atoms with E-state index in [-0.39, 0.29) is 5.91 Å². The molecule has 0 atom stereocenters. The Labute approximate surface area is 145 Å². The van der Waals surface area contributed by atoms with Crippen molar-refractivity contribution in [3.63, 3.8) is 0 Å². The van der Waals surface area contributed by atoms with E-state index in [1.807, 2.05) is 48.5 Å². The van der Waals surface area contributed by atoms with Gasteiger partial charge in [0.2, 0.25) is 5.91 Å². The zero-order chi connectivity index (χ0) is 15.8. The predicted molar refractivity (Wildman–Crippen MR) is 95.5 cm³/mol. The summed E-state index contributed by atoms with van der Waals surface area (Å²) in [7, 11) is 0. The van der Waals surface area contributed by atoms with Crippen LogP contribution in [0.5, 0.6) is 0 Å². The lowest BCUT2D eigenvalue weighted by Crippen LogP contribution is -2.23. The van der Waals surface area contributed by atoms with E-state index < -0.39 is 0 Å². The maximum absolute atomic E-state index is 11.8. The first-order chi connectivity index (χ1) is 10.7. The Kier molecular flexibility index (Phi) is 7.10. The van der Waals surface area contributed by atoms with E-state index in [1.54, 1.807) is 11.8 Å². The number of halogens is 2. The van der Waals surface area contributed by atoms with Gasteiger partial charge in [0.25, 0.3) is 0 Å². The van der Waals surface area contributed by atoms with Gasteiger partial charge in [0.15, 0.2) is 0 Å². The van der Waals surface area contributed by atoms with Crippen LogP contribution in [0.1, 0.15) is 17.5 Å². The van der Waals surface area contributed by atoms with Crippen LogP contribution in [-0.4, -0.2) is 11.7 Å². The van der Waals surface area contributed by atoms with E-state index in [0.717, 1.165) is 27.7 Å². The number of carbonyl (C=O) groups is 1. The predicted octanol–water partition coefficient (Wildman–Crippen LogP) is 4.93. The summed E-state index contributed by atoms with van der Waals surface area (Å²) in [5.41, 5.74) is 2.03. The minimum atomic E-state index is 0.0339. The first-order valence-electron chi connectivity index (χ1n) is 6.98. The third kappa shape index (κ3) is 5.56. The van der Waals surface area contributed by atoms with Gasteiger partial charge in [-0.3, -0.25) is 4.79 Å². The van der Waals surface area contributed by atoms with E-state index in [2.05, 4.69) is 5.32 Å². The number of nitrogens with one attached hydrogen (secondary N) is 1. The molecule has 0 aliphatic heterocycles. The quantitative estimate of drug-likeness (QED) is 0.714. The second kappa shape index (κ2) is 9.09. The molecule has 22 heavy (non-hydrogen) atoms. The number of thioether (sulfide) groups is 1. The van der Waals surface area contributed by atoms with Crippen molar-refractivity contribution >= 4 is 40.9 Å². The second-order valence-corrected chi connectivity index (χ2v) is 6.68. The molecule has 2 aromatic rings. The van der Waals surface area contributed by atoms with Crippen molar-refractivity contribution in [2.45, 2.75) is 18.7 Å². The first-order valence-corrected chi connectivity index (χ1v) is 8.89. The van der Waals surface area contributed by atoms with Gasteiger partial charge in [-0.25, -0.2) is 0 Å². The van der Waals surface area contributed by atoms with Gasteiger partial charge >= 0.3 is 0 Å². The lowest BCUT2D eigenvalue weighted by Gasteiger charge is -2.07. The first kappa shape index (κ1) is 17.2. The number of rotatable bonds is 7. The van der Waals surface area contributed by atoms with E-state index in [9.17, 15) is 4.79 Å². The smallest absolute Gasteiger partial charge is 0.221 e. The molecule has 116 valence electrons. The Balaban J connectivity index is 1.66. The maximum atomic E-state index is 11.8. The van der Waals surface area contributed by atoms with Gasteiger partial charge in [-0.2, -0.15) is 11.8 Å². The zero-order valence-corrected chi connectivity index (χ0v) is 14.3. The van der Waals surface area contributed by atoms with Gasteiger partial charge in [0.05, 0.1) is 0 Å². The van der Waals surface area contributed by atoms with Crippen molar-refractivity contribution in [2.75, 3.05) is 5.75 Å². The normalized spacial score (nSPS) is 10.5. The fourth-order valence-corrected chi connectivity index (χ4v) is 3.32. The standard InChI is InChI=1S/C17H17Cl2NOS/c18-15-7-3-1-5-13(15)11-20-17(21)9-10-22-12-14-6-2-4-8-16(14)19/h1-8H,9-12H2,(H,20,21). The van der Waals surface area contributed by atoms with Crippen molar-refractivity contribution in [1.82, 2.24) is 5.32 Å². The van der Waals surface area contributed by atoms with Crippen LogP contribution >= 0.6 is 35.0 Å². The molecular weight excluding hydrogens is 337 g/mol. The molecule has 0 bridgehead atoms. The molecule has 0 aliphatic carbocycles. The van der Waals surface area contributed by atoms with Crippen LogP contribution in [-0.2, 0) is 17.1 Å². The highest BCUT2D eigenvalue weighted by Crippen LogP contribution is 2.21. The van der Waals surface area contributed by atoms with Gasteiger partial charge in [-0.05, 0) is 23.3 Å². The summed E-state index contributed by atoms with van der Waals surface area (Å²) in [5, 5.41) is 4.34. The fourth-order valence-electron chi connectivity index (χ4n) is 1.89. The molecule has 2 aromatic carbocycles. The lowest BCUT2D eigenvalue weighted by atomic mass is 10.2. The van der Waals surface area contributed by atoms with Crippen LogP contribution in [0.25, 0.3) is 0 Å². The fraction of sp³-hybridized carbons (Fsp3) is 0.235. The van der Waals surface area contributed by atoms with Crippen LogP contribution in [0.2, 0.25) is 10.0 Å². The van der Waals surface area contributed by atoms with Gasteiger partial charge in [0.1, 0.15) is 0 Å². The average Bonchev–Trinajstić information content (AvgIpc) is 2.52. The Morgan fingerprint density at radius 1 is 0.955 bits per heavy atom. The monoisotopic (exact) mass is 353 g/mol. The summed E-state index contributed by atoms with van der Waals surface area (Å²) in [6, 6.07) is 15.3. The maximum Gasteiger partial charge on any atom is 0.221 e. The highest BCUT2D eigenvalue weighted by atomic mass is 35.5. The van der Waals surface area contributed by atoms with Crippen LogP contribution in [0, 0.1) is 0 Å². The molecule has 0 fully saturated rings. The molecule has 0 aromatic heterocycles. The van der Waals surface area contributed by atoms with Crippen molar-refractivity contribution in [2.24, 2.45) is 0 Å². The van der Waals surface area contributed by atoms with Gasteiger partial charge < -0.3 is 5.32 Å². The molecule has 5 heteroatoms. The van der Waals surface area contributed by atoms with Crippen LogP contribution < -0.4 is 5.32 Å². The summed E-state index contributed by atoms with van der Waals surface area (Å²) in [4.78, 5) is 11.8. The molecule has 2 nitrogen and oxygen atoms in total. The molecule has 2 rings (SSSR count). The van der Waals surface area contributed by atoms with E-state index in [1.165, 1.54) is 0 Å². The lowest BCUT2D eigenvalue weighted by molar-refractivity contribution is -0.120. The number of amides is 1. The highest BCUT2D eigenvalue weighted by molar-refractivity contribution is 7.98. The molecule has 1 amide bonds. The molecule has 0 aliphatic rings. The minimum Gasteiger partial charge on any atom is -0.352 e. The number of carbonyl (C=O) groups excluding carboxylic acids is 1. The third-order valence-electron chi connectivity index (χ3n) is 3.12. The Bertz CT molecular complexity index is 634. The van der Waals surface area contributed by atoms with Crippen molar-refractivity contribution in [1.29, 1.82) is 0 Å². The average molecular weight is 354 g/mol. The van der Waals surface area contributed by atoms with Crippen molar-refractivity contribution in [3.8, 4) is 0 Å². The summed E-state index contributed by atoms with van der Waals surface area (Å²) >= 11 is 13.8. The van der Waals surface area contributed by atoms with Crippen molar-refractivity contribution < 1.29 is 4.79 Å². The summed E-state index contributed by atoms with van der Waals surface area (Å²) in [5.74, 6) is 1.61. The molecular formula is C17H17Cl2NOS. The summed E-state index contributed by atoms with van der Waals surface area (Å²) < 4.78 is 0. The SMILES string of the molecule is O=C(CCSCc1ccccc1Cl)NCc1ccccc1Cl. The Hall–Kier alpha value is -1.16. The van der Waals surface area contributed by atoms with Gasteiger partial charge in [-0.15, -0.1) is 0 Å². The van der Waals surface area contributed by atoms with E-state index in [0.29, 0.717) is 18.0 Å². The van der Waals surface area contributed by atoms with Gasteiger partial charge in [-0.1, -0.05) is 59.6 Å². The molecule has 1 N–H and O–H groups in total. The topological polar surface area (TPSA) is 29.1 Å². The number of hydrogen-bond donors (Lipinski definition) is 1. The van der Waals surface area contributed by atoms with Crippen LogP contribution in [0.4, 0.5) is 0 Å². The molecule has 0 unspecified atom stereocenters.